The van der Waals surface area contributed by atoms with Gasteiger partial charge in [0.05, 0.1) is 11.2 Å². The van der Waals surface area contributed by atoms with Crippen LogP contribution < -0.4 is 15.6 Å². The predicted octanol–water partition coefficient (Wildman–Crippen LogP) is 4.97. The summed E-state index contributed by atoms with van der Waals surface area (Å²) in [6, 6.07) is 19.6. The summed E-state index contributed by atoms with van der Waals surface area (Å²) in [7, 11) is 2.11. The van der Waals surface area contributed by atoms with E-state index in [1.807, 2.05) is 56.3 Å². The largest absolute Gasteiger partial charge is 0.489 e. The molecule has 5 rings (SSSR count). The van der Waals surface area contributed by atoms with Crippen molar-refractivity contribution in [3.63, 3.8) is 0 Å². The summed E-state index contributed by atoms with van der Waals surface area (Å²) in [5, 5.41) is 4.79. The molecule has 0 spiro atoms. The van der Waals surface area contributed by atoms with Gasteiger partial charge in [0.15, 0.2) is 0 Å². The van der Waals surface area contributed by atoms with Crippen molar-refractivity contribution in [2.45, 2.75) is 39.8 Å². The number of hydrogen-bond donors (Lipinski definition) is 1. The highest BCUT2D eigenvalue weighted by molar-refractivity contribution is 5.87. The van der Waals surface area contributed by atoms with Crippen LogP contribution in [-0.2, 0) is 26.6 Å². The third kappa shape index (κ3) is 4.34. The van der Waals surface area contributed by atoms with Crippen LogP contribution in [0.3, 0.4) is 0 Å². The van der Waals surface area contributed by atoms with Crippen molar-refractivity contribution in [2.75, 3.05) is 6.54 Å². The maximum atomic E-state index is 12.8. The first-order chi connectivity index (χ1) is 15.7. The molecule has 0 atom stereocenters. The Morgan fingerprint density at radius 2 is 1.84 bits per heavy atom. The molecule has 0 amide bonds. The Balaban J connectivity index is 0.00000119. The van der Waals surface area contributed by atoms with Gasteiger partial charge in [-0.05, 0) is 48.7 Å². The molecule has 0 aliphatic carbocycles. The molecule has 1 aliphatic rings. The summed E-state index contributed by atoms with van der Waals surface area (Å²) in [4.78, 5) is 12.8. The molecule has 1 N–H and O–H groups in total. The zero-order valence-electron chi connectivity index (χ0n) is 19.1. The number of pyridine rings is 1. The summed E-state index contributed by atoms with van der Waals surface area (Å²) >= 11 is 0. The average molecular weight is 430 g/mol. The van der Waals surface area contributed by atoms with E-state index in [1.54, 1.807) is 16.8 Å². The van der Waals surface area contributed by atoms with Crippen molar-refractivity contribution >= 4 is 10.9 Å². The second-order valence-electron chi connectivity index (χ2n) is 7.81. The number of nitrogens with one attached hydrogen (secondary N) is 1. The fourth-order valence-corrected chi connectivity index (χ4v) is 4.31. The van der Waals surface area contributed by atoms with E-state index >= 15 is 0 Å². The first-order valence-electron chi connectivity index (χ1n) is 11.4. The molecule has 0 saturated carbocycles. The summed E-state index contributed by atoms with van der Waals surface area (Å²) in [6.45, 7) is 6.39. The quantitative estimate of drug-likeness (QED) is 0.498. The second kappa shape index (κ2) is 9.88. The van der Waals surface area contributed by atoms with E-state index in [1.165, 1.54) is 16.6 Å². The Bertz CT molecular complexity index is 1260. The van der Waals surface area contributed by atoms with Gasteiger partial charge in [-0.1, -0.05) is 50.2 Å². The topological polar surface area (TPSA) is 48.2 Å². The SMILES string of the molecule is CC.Cn1c2c(c3ccc(-n4ccc(OCc5ccccc5)cc4=O)cc31)CCCNC2. The number of rotatable bonds is 4. The lowest BCUT2D eigenvalue weighted by Gasteiger charge is -2.10. The Kier molecular flexibility index (Phi) is 6.76. The van der Waals surface area contributed by atoms with Crippen molar-refractivity contribution < 1.29 is 4.74 Å². The number of benzene rings is 2. The van der Waals surface area contributed by atoms with Gasteiger partial charge in [0, 0.05) is 36.9 Å². The van der Waals surface area contributed by atoms with Crippen molar-refractivity contribution in [3.05, 3.63) is 94.0 Å². The predicted molar refractivity (Wildman–Crippen MR) is 131 cm³/mol. The van der Waals surface area contributed by atoms with E-state index in [0.29, 0.717) is 12.4 Å². The van der Waals surface area contributed by atoms with Gasteiger partial charge in [-0.3, -0.25) is 9.36 Å². The Morgan fingerprint density at radius 3 is 2.62 bits per heavy atom. The first-order valence-corrected chi connectivity index (χ1v) is 11.4. The highest BCUT2D eigenvalue weighted by Gasteiger charge is 2.17. The molecule has 4 aromatic rings. The molecule has 32 heavy (non-hydrogen) atoms. The average Bonchev–Trinajstić information content (AvgIpc) is 2.99. The molecule has 0 radical (unpaired) electrons. The number of aryl methyl sites for hydroxylation is 2. The number of aromatic nitrogens is 2. The van der Waals surface area contributed by atoms with E-state index in [9.17, 15) is 4.79 Å². The molecule has 0 fully saturated rings. The van der Waals surface area contributed by atoms with Crippen molar-refractivity contribution in [1.82, 2.24) is 14.5 Å². The highest BCUT2D eigenvalue weighted by Crippen LogP contribution is 2.29. The standard InChI is InChI=1S/C25H25N3O2.C2H6/c1-27-23-14-19(9-10-22(23)21-8-5-12-26-16-24(21)27)28-13-11-20(15-25(28)29)30-17-18-6-3-2-4-7-18;1-2/h2-4,6-7,9-11,13-15,26H,5,8,12,16-17H2,1H3;1-2H3. The fourth-order valence-electron chi connectivity index (χ4n) is 4.31. The summed E-state index contributed by atoms with van der Waals surface area (Å²) < 4.78 is 9.73. The van der Waals surface area contributed by atoms with Crippen molar-refractivity contribution in [1.29, 1.82) is 0 Å². The lowest BCUT2D eigenvalue weighted by atomic mass is 10.1. The Morgan fingerprint density at radius 1 is 1.03 bits per heavy atom. The van der Waals surface area contributed by atoms with Crippen LogP contribution in [-0.4, -0.2) is 15.7 Å². The summed E-state index contributed by atoms with van der Waals surface area (Å²) in [5.74, 6) is 0.581. The lowest BCUT2D eigenvalue weighted by molar-refractivity contribution is 0.305. The molecule has 3 heterocycles. The maximum Gasteiger partial charge on any atom is 0.258 e. The van der Waals surface area contributed by atoms with Gasteiger partial charge in [0.25, 0.3) is 5.56 Å². The lowest BCUT2D eigenvalue weighted by Crippen LogP contribution is -2.17. The van der Waals surface area contributed by atoms with Gasteiger partial charge in [-0.15, -0.1) is 0 Å². The summed E-state index contributed by atoms with van der Waals surface area (Å²) in [5.41, 5.74) is 5.78. The monoisotopic (exact) mass is 429 g/mol. The first kappa shape index (κ1) is 21.9. The maximum absolute atomic E-state index is 12.8. The van der Waals surface area contributed by atoms with E-state index in [2.05, 4.69) is 29.1 Å². The van der Waals surface area contributed by atoms with Crippen LogP contribution >= 0.6 is 0 Å². The molecule has 166 valence electrons. The third-order valence-corrected chi connectivity index (χ3v) is 5.91. The van der Waals surface area contributed by atoms with Crippen LogP contribution in [0.2, 0.25) is 0 Å². The number of hydrogen-bond acceptors (Lipinski definition) is 3. The van der Waals surface area contributed by atoms with Crippen LogP contribution in [0.25, 0.3) is 16.6 Å². The minimum Gasteiger partial charge on any atom is -0.489 e. The second-order valence-corrected chi connectivity index (χ2v) is 7.81. The highest BCUT2D eigenvalue weighted by atomic mass is 16.5. The Labute approximate surface area is 189 Å². The molecule has 2 aromatic heterocycles. The van der Waals surface area contributed by atoms with Crippen LogP contribution in [0.5, 0.6) is 5.75 Å². The van der Waals surface area contributed by atoms with E-state index in [-0.39, 0.29) is 5.56 Å². The van der Waals surface area contributed by atoms with Crippen LogP contribution in [0.15, 0.2) is 71.7 Å². The molecule has 5 heteroatoms. The zero-order chi connectivity index (χ0) is 22.5. The minimum absolute atomic E-state index is 0.0997. The Hall–Kier alpha value is -3.31. The van der Waals surface area contributed by atoms with Gasteiger partial charge in [0.2, 0.25) is 0 Å². The van der Waals surface area contributed by atoms with Gasteiger partial charge < -0.3 is 14.6 Å². The fraction of sp³-hybridized carbons (Fsp3) is 0.296. The minimum atomic E-state index is -0.0997. The summed E-state index contributed by atoms with van der Waals surface area (Å²) in [6.07, 6.45) is 4.03. The van der Waals surface area contributed by atoms with E-state index < -0.39 is 0 Å². The molecular formula is C27H31N3O2. The van der Waals surface area contributed by atoms with Gasteiger partial charge in [-0.25, -0.2) is 0 Å². The zero-order valence-corrected chi connectivity index (χ0v) is 19.1. The third-order valence-electron chi connectivity index (χ3n) is 5.91. The molecule has 0 unspecified atom stereocenters. The molecule has 1 aliphatic heterocycles. The normalized spacial score (nSPS) is 13.1. The number of nitrogens with zero attached hydrogens (tertiary/aromatic N) is 2. The number of ether oxygens (including phenoxy) is 1. The van der Waals surface area contributed by atoms with Crippen LogP contribution in [0.1, 0.15) is 37.1 Å². The van der Waals surface area contributed by atoms with Crippen LogP contribution in [0, 0.1) is 0 Å². The van der Waals surface area contributed by atoms with Gasteiger partial charge in [0.1, 0.15) is 12.4 Å². The molecule has 0 bridgehead atoms. The number of fused-ring (bicyclic) bond motifs is 3. The molecule has 0 saturated heterocycles. The van der Waals surface area contributed by atoms with E-state index in [0.717, 1.165) is 42.7 Å². The van der Waals surface area contributed by atoms with Crippen LogP contribution in [0.4, 0.5) is 0 Å². The molecule has 5 nitrogen and oxygen atoms in total. The molecule has 2 aromatic carbocycles. The van der Waals surface area contributed by atoms with Crippen molar-refractivity contribution in [3.8, 4) is 11.4 Å². The van der Waals surface area contributed by atoms with Crippen molar-refractivity contribution in [2.24, 2.45) is 7.05 Å². The van der Waals surface area contributed by atoms with Gasteiger partial charge in [-0.2, -0.15) is 0 Å². The molecular weight excluding hydrogens is 398 g/mol. The van der Waals surface area contributed by atoms with Gasteiger partial charge >= 0.3 is 0 Å². The smallest absolute Gasteiger partial charge is 0.258 e. The van der Waals surface area contributed by atoms with E-state index in [4.69, 9.17) is 4.74 Å².